The summed E-state index contributed by atoms with van der Waals surface area (Å²) in [5, 5.41) is 22.6. The van der Waals surface area contributed by atoms with E-state index in [0.29, 0.717) is 10.1 Å². The first-order valence-electron chi connectivity index (χ1n) is 8.53. The second-order valence-electron chi connectivity index (χ2n) is 6.32. The van der Waals surface area contributed by atoms with Gasteiger partial charge in [0.05, 0.1) is 15.9 Å². The fraction of sp³-hybridized carbons (Fsp3) is 0.211. The van der Waals surface area contributed by atoms with Crippen molar-refractivity contribution in [1.82, 2.24) is 20.1 Å². The van der Waals surface area contributed by atoms with Crippen LogP contribution in [0.1, 0.15) is 34.5 Å². The largest absolute Gasteiger partial charge is 0.346 e. The Labute approximate surface area is 166 Å². The Hall–Kier alpha value is -3.20. The molecule has 3 rings (SSSR count). The third kappa shape index (κ3) is 4.20. The molecule has 144 valence electrons. The summed E-state index contributed by atoms with van der Waals surface area (Å²) in [6.45, 7) is 3.86. The fourth-order valence-electron chi connectivity index (χ4n) is 2.78. The molecule has 1 unspecified atom stereocenters. The number of aromatic nitrogens is 3. The Morgan fingerprint density at radius 1 is 1.29 bits per heavy atom. The van der Waals surface area contributed by atoms with E-state index in [4.69, 9.17) is 0 Å². The van der Waals surface area contributed by atoms with Gasteiger partial charge in [-0.05, 0) is 48.9 Å². The maximum Gasteiger partial charge on any atom is 0.284 e. The highest BCUT2D eigenvalue weighted by atomic mass is 32.2. The summed E-state index contributed by atoms with van der Waals surface area (Å²) in [5.41, 5.74) is 2.15. The van der Waals surface area contributed by atoms with Crippen LogP contribution >= 0.6 is 11.8 Å². The average Bonchev–Trinajstić information content (AvgIpc) is 3.06. The third-order valence-corrected chi connectivity index (χ3v) is 5.41. The zero-order chi connectivity index (χ0) is 20.3. The molecular formula is C19H19N5O3S. The van der Waals surface area contributed by atoms with Gasteiger partial charge in [-0.2, -0.15) is 0 Å². The van der Waals surface area contributed by atoms with Gasteiger partial charge >= 0.3 is 0 Å². The van der Waals surface area contributed by atoms with Gasteiger partial charge in [-0.15, -0.1) is 10.2 Å². The Morgan fingerprint density at radius 3 is 2.68 bits per heavy atom. The number of benzene rings is 2. The van der Waals surface area contributed by atoms with E-state index in [1.165, 1.54) is 12.4 Å². The highest BCUT2D eigenvalue weighted by Gasteiger charge is 2.21. The summed E-state index contributed by atoms with van der Waals surface area (Å²) in [4.78, 5) is 24.0. The fourth-order valence-corrected chi connectivity index (χ4v) is 3.63. The Morgan fingerprint density at radius 2 is 2.04 bits per heavy atom. The molecule has 0 saturated carbocycles. The number of rotatable bonds is 6. The lowest BCUT2D eigenvalue weighted by atomic mass is 10.0. The van der Waals surface area contributed by atoms with Gasteiger partial charge in [0.25, 0.3) is 11.6 Å². The first-order chi connectivity index (χ1) is 13.4. The molecule has 0 radical (unpaired) electrons. The van der Waals surface area contributed by atoms with Crippen molar-refractivity contribution in [1.29, 1.82) is 0 Å². The molecule has 0 spiro atoms. The number of nitro benzene ring substituents is 1. The van der Waals surface area contributed by atoms with Gasteiger partial charge in [0.15, 0.2) is 5.16 Å². The van der Waals surface area contributed by atoms with Crippen LogP contribution in [-0.4, -0.2) is 25.6 Å². The maximum absolute atomic E-state index is 12.6. The molecule has 8 nitrogen and oxygen atoms in total. The molecule has 1 N–H and O–H groups in total. The predicted octanol–water partition coefficient (Wildman–Crippen LogP) is 3.67. The molecule has 28 heavy (non-hydrogen) atoms. The van der Waals surface area contributed by atoms with E-state index in [1.54, 1.807) is 23.7 Å². The first-order valence-corrected chi connectivity index (χ1v) is 9.35. The van der Waals surface area contributed by atoms with Gasteiger partial charge in [-0.1, -0.05) is 24.3 Å². The van der Waals surface area contributed by atoms with Crippen molar-refractivity contribution in [2.45, 2.75) is 29.9 Å². The van der Waals surface area contributed by atoms with E-state index in [9.17, 15) is 14.9 Å². The average molecular weight is 397 g/mol. The molecule has 2 aromatic carbocycles. The number of aryl methyl sites for hydroxylation is 2. The third-order valence-electron chi connectivity index (χ3n) is 4.29. The number of amides is 1. The minimum atomic E-state index is -0.500. The minimum absolute atomic E-state index is 0.149. The SMILES string of the molecule is Cc1ccccc1C(C)NC(=O)c1ccc(Sc2nncn2C)c([N+](=O)[O-])c1. The molecular weight excluding hydrogens is 378 g/mol. The number of carbonyl (C=O) groups is 1. The number of carbonyl (C=O) groups excluding carboxylic acids is 1. The van der Waals surface area contributed by atoms with Crippen molar-refractivity contribution in [3.05, 3.63) is 75.6 Å². The molecule has 0 aliphatic rings. The van der Waals surface area contributed by atoms with E-state index < -0.39 is 4.92 Å². The topological polar surface area (TPSA) is 103 Å². The highest BCUT2D eigenvalue weighted by Crippen LogP contribution is 2.34. The van der Waals surface area contributed by atoms with E-state index in [2.05, 4.69) is 15.5 Å². The van der Waals surface area contributed by atoms with Crippen LogP contribution < -0.4 is 5.32 Å². The van der Waals surface area contributed by atoms with Crippen LogP contribution in [0.2, 0.25) is 0 Å². The first kappa shape index (κ1) is 19.6. The summed E-state index contributed by atoms with van der Waals surface area (Å²) in [6, 6.07) is 12.0. The van der Waals surface area contributed by atoms with Crippen LogP contribution in [0.4, 0.5) is 5.69 Å². The zero-order valence-electron chi connectivity index (χ0n) is 15.6. The summed E-state index contributed by atoms with van der Waals surface area (Å²) < 4.78 is 1.67. The van der Waals surface area contributed by atoms with Gasteiger partial charge in [-0.3, -0.25) is 14.9 Å². The van der Waals surface area contributed by atoms with Gasteiger partial charge in [0.2, 0.25) is 0 Å². The zero-order valence-corrected chi connectivity index (χ0v) is 16.4. The van der Waals surface area contributed by atoms with Crippen LogP contribution in [0, 0.1) is 17.0 Å². The second-order valence-corrected chi connectivity index (χ2v) is 7.33. The maximum atomic E-state index is 12.6. The second kappa shape index (κ2) is 8.22. The normalized spacial score (nSPS) is 11.8. The van der Waals surface area contributed by atoms with Crippen LogP contribution in [0.25, 0.3) is 0 Å². The summed E-state index contributed by atoms with van der Waals surface area (Å²) >= 11 is 1.12. The standard InChI is InChI=1S/C19H19N5O3S/c1-12-6-4-5-7-15(12)13(2)21-18(25)14-8-9-17(16(10-14)24(26)27)28-19-22-20-11-23(19)3/h4-11,13H,1-3H3,(H,21,25). The molecule has 9 heteroatoms. The number of nitrogens with one attached hydrogen (secondary N) is 1. The molecule has 0 aliphatic heterocycles. The molecule has 3 aromatic rings. The van der Waals surface area contributed by atoms with Gasteiger partial charge in [-0.25, -0.2) is 0 Å². The van der Waals surface area contributed by atoms with Crippen molar-refractivity contribution in [2.75, 3.05) is 0 Å². The summed E-state index contributed by atoms with van der Waals surface area (Å²) in [7, 11) is 1.75. The highest BCUT2D eigenvalue weighted by molar-refractivity contribution is 7.99. The van der Waals surface area contributed by atoms with Crippen molar-refractivity contribution in [3.8, 4) is 0 Å². The quantitative estimate of drug-likeness (QED) is 0.503. The number of nitro groups is 1. The van der Waals surface area contributed by atoms with Crippen molar-refractivity contribution in [2.24, 2.45) is 7.05 Å². The summed E-state index contributed by atoms with van der Waals surface area (Å²) in [5.74, 6) is -0.367. The number of hydrogen-bond donors (Lipinski definition) is 1. The van der Waals surface area contributed by atoms with Crippen LogP contribution in [-0.2, 0) is 7.05 Å². The Balaban J connectivity index is 1.83. The molecule has 0 aliphatic carbocycles. The monoisotopic (exact) mass is 397 g/mol. The molecule has 1 amide bonds. The van der Waals surface area contributed by atoms with E-state index >= 15 is 0 Å². The Kier molecular flexibility index (Phi) is 5.74. The van der Waals surface area contributed by atoms with Gasteiger partial charge in [0.1, 0.15) is 6.33 Å². The molecule has 1 aromatic heterocycles. The van der Waals surface area contributed by atoms with Gasteiger partial charge < -0.3 is 9.88 Å². The van der Waals surface area contributed by atoms with Crippen molar-refractivity contribution >= 4 is 23.4 Å². The van der Waals surface area contributed by atoms with Gasteiger partial charge in [0, 0.05) is 18.7 Å². The number of nitrogens with zero attached hydrogens (tertiary/aromatic N) is 4. The lowest BCUT2D eigenvalue weighted by Crippen LogP contribution is -2.27. The molecule has 0 fully saturated rings. The van der Waals surface area contributed by atoms with Crippen LogP contribution in [0.5, 0.6) is 0 Å². The Bertz CT molecular complexity index is 1030. The minimum Gasteiger partial charge on any atom is -0.346 e. The molecule has 0 bridgehead atoms. The molecule has 1 atom stereocenters. The lowest BCUT2D eigenvalue weighted by Gasteiger charge is -2.16. The molecule has 1 heterocycles. The van der Waals surface area contributed by atoms with Crippen molar-refractivity contribution in [3.63, 3.8) is 0 Å². The van der Waals surface area contributed by atoms with Crippen LogP contribution in [0.3, 0.4) is 0 Å². The van der Waals surface area contributed by atoms with Crippen LogP contribution in [0.15, 0.2) is 58.8 Å². The van der Waals surface area contributed by atoms with E-state index in [0.717, 1.165) is 22.9 Å². The summed E-state index contributed by atoms with van der Waals surface area (Å²) in [6.07, 6.45) is 1.52. The van der Waals surface area contributed by atoms with E-state index in [-0.39, 0.29) is 23.2 Å². The molecule has 0 saturated heterocycles. The van der Waals surface area contributed by atoms with E-state index in [1.807, 2.05) is 38.1 Å². The number of hydrogen-bond acceptors (Lipinski definition) is 6. The lowest BCUT2D eigenvalue weighted by molar-refractivity contribution is -0.387. The van der Waals surface area contributed by atoms with Crippen molar-refractivity contribution < 1.29 is 9.72 Å². The predicted molar refractivity (Wildman–Crippen MR) is 105 cm³/mol. The smallest absolute Gasteiger partial charge is 0.284 e.